The van der Waals surface area contributed by atoms with E-state index >= 15 is 0 Å². The van der Waals surface area contributed by atoms with Crippen molar-refractivity contribution < 1.29 is 0 Å². The Hall–Kier alpha value is -1.34. The van der Waals surface area contributed by atoms with E-state index < -0.39 is 0 Å². The Bertz CT molecular complexity index is 456. The summed E-state index contributed by atoms with van der Waals surface area (Å²) in [7, 11) is 0. The SMILES string of the molecule is CCC(Br)=C(c1ccccc1)c1ccccc1. The summed E-state index contributed by atoms with van der Waals surface area (Å²) >= 11 is 3.70. The van der Waals surface area contributed by atoms with E-state index in [1.165, 1.54) is 21.2 Å². The Morgan fingerprint density at radius 2 is 1.24 bits per heavy atom. The van der Waals surface area contributed by atoms with Gasteiger partial charge in [0, 0.05) is 4.48 Å². The second-order valence-electron chi connectivity index (χ2n) is 3.87. The van der Waals surface area contributed by atoms with Gasteiger partial charge in [-0.1, -0.05) is 83.5 Å². The molecule has 2 aromatic rings. The summed E-state index contributed by atoms with van der Waals surface area (Å²) in [5, 5.41) is 0. The third-order valence-electron chi connectivity index (χ3n) is 2.71. The molecule has 17 heavy (non-hydrogen) atoms. The lowest BCUT2D eigenvalue weighted by atomic mass is 9.97. The quantitative estimate of drug-likeness (QED) is 0.723. The summed E-state index contributed by atoms with van der Waals surface area (Å²) < 4.78 is 1.25. The van der Waals surface area contributed by atoms with Crippen LogP contribution in [0.25, 0.3) is 5.57 Å². The molecule has 0 atom stereocenters. The smallest absolute Gasteiger partial charge is 0.00323 e. The zero-order valence-corrected chi connectivity index (χ0v) is 11.4. The first-order valence-electron chi connectivity index (χ1n) is 5.82. The van der Waals surface area contributed by atoms with E-state index in [9.17, 15) is 0 Å². The lowest BCUT2D eigenvalue weighted by molar-refractivity contribution is 1.21. The van der Waals surface area contributed by atoms with Crippen LogP contribution in [0.4, 0.5) is 0 Å². The average Bonchev–Trinajstić information content (AvgIpc) is 2.41. The van der Waals surface area contributed by atoms with Crippen molar-refractivity contribution >= 4 is 21.5 Å². The molecule has 0 saturated heterocycles. The van der Waals surface area contributed by atoms with E-state index in [1.54, 1.807) is 0 Å². The highest BCUT2D eigenvalue weighted by molar-refractivity contribution is 9.11. The molecule has 0 fully saturated rings. The van der Waals surface area contributed by atoms with Gasteiger partial charge < -0.3 is 0 Å². The van der Waals surface area contributed by atoms with E-state index in [0.717, 1.165) is 6.42 Å². The Balaban J connectivity index is 2.56. The Kier molecular flexibility index (Phi) is 4.16. The Morgan fingerprint density at radius 3 is 1.59 bits per heavy atom. The van der Waals surface area contributed by atoms with Crippen molar-refractivity contribution in [3.63, 3.8) is 0 Å². The fraction of sp³-hybridized carbons (Fsp3) is 0.125. The van der Waals surface area contributed by atoms with Crippen LogP contribution < -0.4 is 0 Å². The van der Waals surface area contributed by atoms with Gasteiger partial charge in [-0.05, 0) is 23.1 Å². The van der Waals surface area contributed by atoms with E-state index in [0.29, 0.717) is 0 Å². The summed E-state index contributed by atoms with van der Waals surface area (Å²) in [5.41, 5.74) is 3.80. The third kappa shape index (κ3) is 2.86. The van der Waals surface area contributed by atoms with Crippen molar-refractivity contribution in [2.45, 2.75) is 13.3 Å². The molecular formula is C16H15Br. The molecule has 0 aliphatic rings. The highest BCUT2D eigenvalue weighted by Crippen LogP contribution is 2.31. The average molecular weight is 287 g/mol. The third-order valence-corrected chi connectivity index (χ3v) is 3.66. The number of benzene rings is 2. The summed E-state index contributed by atoms with van der Waals surface area (Å²) in [6.07, 6.45) is 0.999. The van der Waals surface area contributed by atoms with Crippen LogP contribution in [0.15, 0.2) is 65.1 Å². The molecule has 0 aliphatic heterocycles. The predicted octanol–water partition coefficient (Wildman–Crippen LogP) is 5.25. The van der Waals surface area contributed by atoms with Gasteiger partial charge in [-0.25, -0.2) is 0 Å². The largest absolute Gasteiger partial charge is 0.0622 e. The molecule has 86 valence electrons. The first-order valence-corrected chi connectivity index (χ1v) is 6.61. The normalized spacial score (nSPS) is 10.0. The first-order chi connectivity index (χ1) is 8.33. The molecule has 0 bridgehead atoms. The number of hydrogen-bond donors (Lipinski definition) is 0. The molecule has 0 saturated carbocycles. The van der Waals surface area contributed by atoms with Crippen LogP contribution >= 0.6 is 15.9 Å². The summed E-state index contributed by atoms with van der Waals surface area (Å²) in [6, 6.07) is 21.0. The van der Waals surface area contributed by atoms with Crippen molar-refractivity contribution in [3.05, 3.63) is 76.3 Å². The van der Waals surface area contributed by atoms with Crippen molar-refractivity contribution in [2.24, 2.45) is 0 Å². The van der Waals surface area contributed by atoms with Crippen LogP contribution in [-0.4, -0.2) is 0 Å². The van der Waals surface area contributed by atoms with Crippen LogP contribution in [0.5, 0.6) is 0 Å². The van der Waals surface area contributed by atoms with Crippen LogP contribution in [0.2, 0.25) is 0 Å². The summed E-state index contributed by atoms with van der Waals surface area (Å²) in [4.78, 5) is 0. The van der Waals surface area contributed by atoms with E-state index in [-0.39, 0.29) is 0 Å². The maximum atomic E-state index is 3.70. The Morgan fingerprint density at radius 1 is 0.824 bits per heavy atom. The number of allylic oxidation sites excluding steroid dienone is 1. The van der Waals surface area contributed by atoms with Gasteiger partial charge in [0.1, 0.15) is 0 Å². The summed E-state index contributed by atoms with van der Waals surface area (Å²) in [5.74, 6) is 0. The highest BCUT2D eigenvalue weighted by atomic mass is 79.9. The van der Waals surface area contributed by atoms with Gasteiger partial charge in [0.2, 0.25) is 0 Å². The van der Waals surface area contributed by atoms with E-state index in [1.807, 2.05) is 12.1 Å². The molecular weight excluding hydrogens is 272 g/mol. The van der Waals surface area contributed by atoms with Crippen molar-refractivity contribution in [2.75, 3.05) is 0 Å². The number of hydrogen-bond acceptors (Lipinski definition) is 0. The van der Waals surface area contributed by atoms with Gasteiger partial charge in [-0.3, -0.25) is 0 Å². The Labute approximate surface area is 111 Å². The zero-order valence-electron chi connectivity index (χ0n) is 9.86. The van der Waals surface area contributed by atoms with Crippen molar-refractivity contribution in [1.29, 1.82) is 0 Å². The molecule has 0 N–H and O–H groups in total. The van der Waals surface area contributed by atoms with Gasteiger partial charge in [-0.2, -0.15) is 0 Å². The summed E-state index contributed by atoms with van der Waals surface area (Å²) in [6.45, 7) is 2.16. The molecule has 0 spiro atoms. The zero-order chi connectivity index (χ0) is 12.1. The lowest BCUT2D eigenvalue weighted by Crippen LogP contribution is -1.90. The van der Waals surface area contributed by atoms with Gasteiger partial charge >= 0.3 is 0 Å². The van der Waals surface area contributed by atoms with Gasteiger partial charge in [-0.15, -0.1) is 0 Å². The van der Waals surface area contributed by atoms with Crippen LogP contribution in [0.3, 0.4) is 0 Å². The maximum absolute atomic E-state index is 3.70. The molecule has 0 nitrogen and oxygen atoms in total. The molecule has 0 amide bonds. The standard InChI is InChI=1S/C16H15Br/c1-2-15(17)16(13-9-5-3-6-10-13)14-11-7-4-8-12-14/h3-12H,2H2,1H3. The number of halogens is 1. The van der Waals surface area contributed by atoms with E-state index in [2.05, 4.69) is 71.4 Å². The number of rotatable bonds is 3. The lowest BCUT2D eigenvalue weighted by Gasteiger charge is -2.11. The second-order valence-corrected chi connectivity index (χ2v) is 4.82. The van der Waals surface area contributed by atoms with Crippen LogP contribution in [0.1, 0.15) is 24.5 Å². The van der Waals surface area contributed by atoms with Crippen LogP contribution in [-0.2, 0) is 0 Å². The topological polar surface area (TPSA) is 0 Å². The molecule has 0 heterocycles. The van der Waals surface area contributed by atoms with E-state index in [4.69, 9.17) is 0 Å². The minimum absolute atomic E-state index is 0.999. The molecule has 0 aromatic heterocycles. The molecule has 0 unspecified atom stereocenters. The van der Waals surface area contributed by atoms with Crippen molar-refractivity contribution in [1.82, 2.24) is 0 Å². The minimum Gasteiger partial charge on any atom is -0.0622 e. The van der Waals surface area contributed by atoms with Gasteiger partial charge in [0.25, 0.3) is 0 Å². The maximum Gasteiger partial charge on any atom is 0.00323 e. The highest BCUT2D eigenvalue weighted by Gasteiger charge is 2.08. The fourth-order valence-corrected chi connectivity index (χ4v) is 2.32. The van der Waals surface area contributed by atoms with Crippen molar-refractivity contribution in [3.8, 4) is 0 Å². The molecule has 0 aliphatic carbocycles. The van der Waals surface area contributed by atoms with Gasteiger partial charge in [0.15, 0.2) is 0 Å². The molecule has 2 rings (SSSR count). The molecule has 0 radical (unpaired) electrons. The molecule has 2 aromatic carbocycles. The monoisotopic (exact) mass is 286 g/mol. The minimum atomic E-state index is 0.999. The second kappa shape index (κ2) is 5.83. The van der Waals surface area contributed by atoms with Gasteiger partial charge in [0.05, 0.1) is 0 Å². The van der Waals surface area contributed by atoms with Crippen LogP contribution in [0, 0.1) is 0 Å². The first kappa shape index (κ1) is 12.1. The predicted molar refractivity (Wildman–Crippen MR) is 78.1 cm³/mol. The molecule has 1 heteroatoms. The fourth-order valence-electron chi connectivity index (χ4n) is 1.87.